The summed E-state index contributed by atoms with van der Waals surface area (Å²) >= 11 is 0. The summed E-state index contributed by atoms with van der Waals surface area (Å²) in [5.74, 6) is 0.658. The van der Waals surface area contributed by atoms with Crippen molar-refractivity contribution in [3.63, 3.8) is 0 Å². The van der Waals surface area contributed by atoms with Gasteiger partial charge >= 0.3 is 0 Å². The first-order chi connectivity index (χ1) is 9.54. The Morgan fingerprint density at radius 2 is 1.95 bits per heavy atom. The lowest BCUT2D eigenvalue weighted by Crippen LogP contribution is -2.33. The fourth-order valence-electron chi connectivity index (χ4n) is 2.54. The Kier molecular flexibility index (Phi) is 4.78. The van der Waals surface area contributed by atoms with E-state index in [1.54, 1.807) is 7.11 Å². The van der Waals surface area contributed by atoms with Crippen molar-refractivity contribution in [3.05, 3.63) is 35.4 Å². The van der Waals surface area contributed by atoms with Gasteiger partial charge in [-0.25, -0.2) is 0 Å². The number of methoxy groups -OCH3 is 1. The van der Waals surface area contributed by atoms with E-state index in [0.717, 1.165) is 5.56 Å². The fourth-order valence-corrected chi connectivity index (χ4v) is 2.54. The van der Waals surface area contributed by atoms with Crippen LogP contribution in [0, 0.1) is 0 Å². The van der Waals surface area contributed by atoms with Gasteiger partial charge in [0.25, 0.3) is 0 Å². The van der Waals surface area contributed by atoms with Crippen molar-refractivity contribution in [1.82, 2.24) is 10.2 Å². The first-order valence-corrected chi connectivity index (χ1v) is 7.20. The van der Waals surface area contributed by atoms with Crippen LogP contribution in [0.1, 0.15) is 44.0 Å². The third-order valence-corrected chi connectivity index (χ3v) is 3.83. The van der Waals surface area contributed by atoms with Gasteiger partial charge in [0.15, 0.2) is 0 Å². The van der Waals surface area contributed by atoms with Crippen LogP contribution in [0.3, 0.4) is 0 Å². The van der Waals surface area contributed by atoms with Gasteiger partial charge in [0.05, 0.1) is 12.6 Å². The molecule has 1 aliphatic rings. The summed E-state index contributed by atoms with van der Waals surface area (Å²) in [4.78, 5) is 14.0. The number of nitrogens with zero attached hydrogens (tertiary/aromatic N) is 1. The van der Waals surface area contributed by atoms with Crippen LogP contribution in [0.15, 0.2) is 24.3 Å². The number of carbonyl (C=O) groups excluding carboxylic acids is 1. The quantitative estimate of drug-likeness (QED) is 0.897. The minimum Gasteiger partial charge on any atom is -0.383 e. The van der Waals surface area contributed by atoms with Gasteiger partial charge in [-0.15, -0.1) is 0 Å². The average molecular weight is 276 g/mol. The molecular weight excluding hydrogens is 252 g/mol. The lowest BCUT2D eigenvalue weighted by atomic mass is 10.0. The molecule has 0 bridgehead atoms. The molecule has 2 rings (SSSR count). The predicted octanol–water partition coefficient (Wildman–Crippen LogP) is 2.28. The van der Waals surface area contributed by atoms with E-state index in [0.29, 0.717) is 19.1 Å². The van der Waals surface area contributed by atoms with Crippen LogP contribution in [0.5, 0.6) is 0 Å². The molecule has 0 spiro atoms. The summed E-state index contributed by atoms with van der Waals surface area (Å²) in [6.45, 7) is 7.44. The Morgan fingerprint density at radius 3 is 2.50 bits per heavy atom. The maximum absolute atomic E-state index is 12.2. The molecule has 2 unspecified atom stereocenters. The number of hydrogen-bond acceptors (Lipinski definition) is 3. The third kappa shape index (κ3) is 3.02. The number of amides is 1. The number of carbonyl (C=O) groups is 1. The Bertz CT molecular complexity index is 456. The van der Waals surface area contributed by atoms with Crippen LogP contribution in [-0.2, 0) is 9.53 Å². The van der Waals surface area contributed by atoms with Crippen molar-refractivity contribution in [3.8, 4) is 0 Å². The van der Waals surface area contributed by atoms with Crippen LogP contribution in [-0.4, -0.2) is 37.1 Å². The van der Waals surface area contributed by atoms with E-state index < -0.39 is 0 Å². The van der Waals surface area contributed by atoms with Gasteiger partial charge in [0.1, 0.15) is 6.17 Å². The molecule has 1 saturated heterocycles. The highest BCUT2D eigenvalue weighted by molar-refractivity contribution is 5.84. The smallest absolute Gasteiger partial charge is 0.241 e. The zero-order chi connectivity index (χ0) is 14.7. The molecule has 1 N–H and O–H groups in total. The molecule has 20 heavy (non-hydrogen) atoms. The molecule has 4 heteroatoms. The van der Waals surface area contributed by atoms with Gasteiger partial charge in [-0.2, -0.15) is 0 Å². The lowest BCUT2D eigenvalue weighted by molar-refractivity contribution is -0.130. The Morgan fingerprint density at radius 1 is 1.30 bits per heavy atom. The Balaban J connectivity index is 2.18. The fraction of sp³-hybridized carbons (Fsp3) is 0.562. The van der Waals surface area contributed by atoms with E-state index in [2.05, 4.69) is 43.4 Å². The summed E-state index contributed by atoms with van der Waals surface area (Å²) < 4.78 is 5.10. The number of nitrogens with one attached hydrogen (secondary N) is 1. The molecule has 110 valence electrons. The summed E-state index contributed by atoms with van der Waals surface area (Å²) in [6.07, 6.45) is -0.0473. The van der Waals surface area contributed by atoms with Gasteiger partial charge in [-0.3, -0.25) is 10.1 Å². The highest BCUT2D eigenvalue weighted by Gasteiger charge is 2.36. The van der Waals surface area contributed by atoms with Crippen molar-refractivity contribution in [2.75, 3.05) is 20.3 Å². The minimum atomic E-state index is -0.137. The second-order valence-corrected chi connectivity index (χ2v) is 5.64. The summed E-state index contributed by atoms with van der Waals surface area (Å²) in [7, 11) is 1.66. The normalized spacial score (nSPS) is 22.9. The van der Waals surface area contributed by atoms with Gasteiger partial charge in [-0.05, 0) is 24.0 Å². The van der Waals surface area contributed by atoms with Crippen molar-refractivity contribution < 1.29 is 9.53 Å². The van der Waals surface area contributed by atoms with Crippen LogP contribution >= 0.6 is 0 Å². The Labute approximate surface area is 121 Å². The van der Waals surface area contributed by atoms with Crippen LogP contribution in [0.2, 0.25) is 0 Å². The van der Waals surface area contributed by atoms with E-state index in [-0.39, 0.29) is 18.1 Å². The van der Waals surface area contributed by atoms with E-state index in [9.17, 15) is 4.79 Å². The monoisotopic (exact) mass is 276 g/mol. The highest BCUT2D eigenvalue weighted by Crippen LogP contribution is 2.26. The molecule has 1 aliphatic heterocycles. The molecule has 0 aliphatic carbocycles. The van der Waals surface area contributed by atoms with Gasteiger partial charge in [0, 0.05) is 13.7 Å². The van der Waals surface area contributed by atoms with Gasteiger partial charge < -0.3 is 9.64 Å². The van der Waals surface area contributed by atoms with E-state index >= 15 is 0 Å². The topological polar surface area (TPSA) is 41.6 Å². The molecule has 1 fully saturated rings. The van der Waals surface area contributed by atoms with Crippen molar-refractivity contribution in [1.29, 1.82) is 0 Å². The maximum atomic E-state index is 12.2. The van der Waals surface area contributed by atoms with Crippen LogP contribution < -0.4 is 5.32 Å². The number of benzene rings is 1. The van der Waals surface area contributed by atoms with Gasteiger partial charge in [0.2, 0.25) is 5.91 Å². The molecule has 4 nitrogen and oxygen atoms in total. The third-order valence-electron chi connectivity index (χ3n) is 3.83. The van der Waals surface area contributed by atoms with Crippen molar-refractivity contribution in [2.24, 2.45) is 0 Å². The number of ether oxygens (including phenoxy) is 1. The standard InChI is InChI=1S/C16H24N2O2/c1-11(2)13-5-7-14(8-6-13)15-17-12(3)16(19)18(15)9-10-20-4/h5-8,11-12,15,17H,9-10H2,1-4H3. The summed E-state index contributed by atoms with van der Waals surface area (Å²) in [5, 5.41) is 3.35. The molecule has 2 atom stereocenters. The van der Waals surface area contributed by atoms with E-state index in [1.165, 1.54) is 5.56 Å². The van der Waals surface area contributed by atoms with Gasteiger partial charge in [-0.1, -0.05) is 38.1 Å². The highest BCUT2D eigenvalue weighted by atomic mass is 16.5. The van der Waals surface area contributed by atoms with E-state index in [4.69, 9.17) is 4.74 Å². The molecule has 0 saturated carbocycles. The minimum absolute atomic E-state index is 0.0473. The Hall–Kier alpha value is -1.39. The zero-order valence-corrected chi connectivity index (χ0v) is 12.7. The first kappa shape index (κ1) is 15.0. The maximum Gasteiger partial charge on any atom is 0.241 e. The SMILES string of the molecule is COCCN1C(=O)C(C)NC1c1ccc(C(C)C)cc1. The predicted molar refractivity (Wildman–Crippen MR) is 79.5 cm³/mol. The second-order valence-electron chi connectivity index (χ2n) is 5.64. The molecular formula is C16H24N2O2. The average Bonchev–Trinajstić information content (AvgIpc) is 2.72. The summed E-state index contributed by atoms with van der Waals surface area (Å²) in [5.41, 5.74) is 2.44. The largest absolute Gasteiger partial charge is 0.383 e. The lowest BCUT2D eigenvalue weighted by Gasteiger charge is -2.24. The molecule has 1 heterocycles. The van der Waals surface area contributed by atoms with Crippen LogP contribution in [0.25, 0.3) is 0 Å². The van der Waals surface area contributed by atoms with Crippen molar-refractivity contribution in [2.45, 2.75) is 38.9 Å². The molecule has 1 amide bonds. The zero-order valence-electron chi connectivity index (χ0n) is 12.7. The number of hydrogen-bond donors (Lipinski definition) is 1. The molecule has 1 aromatic carbocycles. The number of rotatable bonds is 5. The van der Waals surface area contributed by atoms with Crippen LogP contribution in [0.4, 0.5) is 0 Å². The first-order valence-electron chi connectivity index (χ1n) is 7.20. The second kappa shape index (κ2) is 6.37. The molecule has 1 aromatic rings. The summed E-state index contributed by atoms with van der Waals surface area (Å²) in [6, 6.07) is 8.37. The molecule has 0 radical (unpaired) electrons. The van der Waals surface area contributed by atoms with E-state index in [1.807, 2.05) is 11.8 Å². The van der Waals surface area contributed by atoms with Crippen molar-refractivity contribution >= 4 is 5.91 Å². The molecule has 0 aromatic heterocycles.